The van der Waals surface area contributed by atoms with Crippen LogP contribution in [-0.4, -0.2) is 20.5 Å². The van der Waals surface area contributed by atoms with E-state index in [2.05, 4.69) is 30.9 Å². The number of carbonyl (C=O) groups excluding carboxylic acids is 1. The Morgan fingerprint density at radius 2 is 2.31 bits per heavy atom. The molecule has 2 rings (SSSR count). The molecular formula is C12H19N3O. The zero-order valence-electron chi connectivity index (χ0n) is 10.2. The molecule has 0 aromatic carbocycles. The van der Waals surface area contributed by atoms with Crippen molar-refractivity contribution < 1.29 is 4.79 Å². The predicted molar refractivity (Wildman–Crippen MR) is 61.1 cm³/mol. The van der Waals surface area contributed by atoms with E-state index in [0.29, 0.717) is 18.2 Å². The van der Waals surface area contributed by atoms with Crippen LogP contribution in [0.1, 0.15) is 51.9 Å². The van der Waals surface area contributed by atoms with E-state index in [0.717, 1.165) is 25.1 Å². The average molecular weight is 221 g/mol. The van der Waals surface area contributed by atoms with Crippen molar-refractivity contribution in [2.45, 2.75) is 52.5 Å². The van der Waals surface area contributed by atoms with E-state index < -0.39 is 0 Å². The lowest BCUT2D eigenvalue weighted by atomic mass is 9.85. The van der Waals surface area contributed by atoms with Crippen molar-refractivity contribution in [3.63, 3.8) is 0 Å². The molecule has 1 aliphatic rings. The maximum Gasteiger partial charge on any atom is 0.138 e. The van der Waals surface area contributed by atoms with E-state index in [1.807, 2.05) is 4.68 Å². The van der Waals surface area contributed by atoms with E-state index in [1.165, 1.54) is 0 Å². The van der Waals surface area contributed by atoms with Crippen molar-refractivity contribution in [2.75, 3.05) is 0 Å². The molecule has 1 fully saturated rings. The Kier molecular flexibility index (Phi) is 2.82. The minimum absolute atomic E-state index is 0.0940. The molecule has 1 heterocycles. The maximum atomic E-state index is 11.4. The van der Waals surface area contributed by atoms with Crippen LogP contribution in [-0.2, 0) is 11.2 Å². The Morgan fingerprint density at radius 1 is 1.56 bits per heavy atom. The molecule has 1 saturated carbocycles. The summed E-state index contributed by atoms with van der Waals surface area (Å²) in [5, 5.41) is 4.23. The van der Waals surface area contributed by atoms with Gasteiger partial charge in [0.15, 0.2) is 0 Å². The molecule has 0 radical (unpaired) electrons. The fourth-order valence-corrected chi connectivity index (χ4v) is 2.46. The van der Waals surface area contributed by atoms with Gasteiger partial charge in [-0.05, 0) is 25.7 Å². The summed E-state index contributed by atoms with van der Waals surface area (Å²) in [5.74, 6) is 1.39. The summed E-state index contributed by atoms with van der Waals surface area (Å²) in [4.78, 5) is 15.7. The molecule has 4 heteroatoms. The monoisotopic (exact) mass is 221 g/mol. The lowest BCUT2D eigenvalue weighted by Gasteiger charge is -2.22. The lowest BCUT2D eigenvalue weighted by Crippen LogP contribution is -2.20. The number of carbonyl (C=O) groups is 1. The summed E-state index contributed by atoms with van der Waals surface area (Å²) in [7, 11) is 0. The summed E-state index contributed by atoms with van der Waals surface area (Å²) in [6.07, 6.45) is 4.87. The minimum Gasteiger partial charge on any atom is -0.300 e. The lowest BCUT2D eigenvalue weighted by molar-refractivity contribution is -0.117. The summed E-state index contributed by atoms with van der Waals surface area (Å²) >= 11 is 0. The second kappa shape index (κ2) is 4.00. The third kappa shape index (κ3) is 2.15. The number of rotatable bonds is 3. The number of nitrogens with zero attached hydrogens (tertiary/aromatic N) is 3. The topological polar surface area (TPSA) is 47.8 Å². The smallest absolute Gasteiger partial charge is 0.138 e. The van der Waals surface area contributed by atoms with Crippen molar-refractivity contribution in [3.8, 4) is 0 Å². The van der Waals surface area contributed by atoms with Crippen LogP contribution in [0.2, 0.25) is 0 Å². The van der Waals surface area contributed by atoms with Crippen molar-refractivity contribution in [1.82, 2.24) is 14.8 Å². The van der Waals surface area contributed by atoms with Crippen LogP contribution in [0.5, 0.6) is 0 Å². The molecule has 1 aromatic rings. The average Bonchev–Trinajstić information content (AvgIpc) is 2.74. The van der Waals surface area contributed by atoms with Crippen LogP contribution in [0, 0.1) is 5.41 Å². The van der Waals surface area contributed by atoms with Crippen molar-refractivity contribution in [3.05, 3.63) is 12.2 Å². The van der Waals surface area contributed by atoms with Gasteiger partial charge in [-0.25, -0.2) is 9.67 Å². The first-order valence-corrected chi connectivity index (χ1v) is 5.90. The summed E-state index contributed by atoms with van der Waals surface area (Å²) in [6.45, 7) is 6.37. The van der Waals surface area contributed by atoms with Gasteiger partial charge < -0.3 is 0 Å². The number of aromatic nitrogens is 3. The number of Topliss-reactive ketones (excluding diaryl/α,β-unsaturated/α-hetero) is 1. The van der Waals surface area contributed by atoms with Gasteiger partial charge in [-0.15, -0.1) is 0 Å². The van der Waals surface area contributed by atoms with E-state index in [-0.39, 0.29) is 5.41 Å². The zero-order valence-corrected chi connectivity index (χ0v) is 10.2. The number of hydrogen-bond donors (Lipinski definition) is 0. The molecule has 0 bridgehead atoms. The van der Waals surface area contributed by atoms with Crippen molar-refractivity contribution in [2.24, 2.45) is 5.41 Å². The van der Waals surface area contributed by atoms with Crippen molar-refractivity contribution in [1.29, 1.82) is 0 Å². The van der Waals surface area contributed by atoms with E-state index in [1.54, 1.807) is 6.33 Å². The summed E-state index contributed by atoms with van der Waals surface area (Å²) in [6, 6.07) is 0.332. The highest BCUT2D eigenvalue weighted by molar-refractivity contribution is 5.81. The minimum atomic E-state index is 0.0940. The highest BCUT2D eigenvalue weighted by atomic mass is 16.1. The van der Waals surface area contributed by atoms with Gasteiger partial charge in [0.25, 0.3) is 0 Å². The molecule has 1 unspecified atom stereocenters. The zero-order chi connectivity index (χ0) is 11.8. The number of hydrogen-bond acceptors (Lipinski definition) is 3. The third-order valence-electron chi connectivity index (χ3n) is 3.35. The van der Waals surface area contributed by atoms with Crippen LogP contribution >= 0.6 is 0 Å². The van der Waals surface area contributed by atoms with Gasteiger partial charge in [-0.3, -0.25) is 4.79 Å². The van der Waals surface area contributed by atoms with Gasteiger partial charge in [-0.2, -0.15) is 5.10 Å². The third-order valence-corrected chi connectivity index (χ3v) is 3.35. The highest BCUT2D eigenvalue weighted by Gasteiger charge is 2.35. The Hall–Kier alpha value is -1.19. The quantitative estimate of drug-likeness (QED) is 0.785. The fraction of sp³-hybridized carbons (Fsp3) is 0.750. The van der Waals surface area contributed by atoms with Crippen LogP contribution in [0.25, 0.3) is 0 Å². The summed E-state index contributed by atoms with van der Waals surface area (Å²) in [5.41, 5.74) is 0.0940. The molecular weight excluding hydrogens is 202 g/mol. The fourth-order valence-electron chi connectivity index (χ4n) is 2.46. The van der Waals surface area contributed by atoms with Crippen LogP contribution in [0.3, 0.4) is 0 Å². The molecule has 1 aliphatic carbocycles. The second-order valence-corrected chi connectivity index (χ2v) is 5.42. The van der Waals surface area contributed by atoms with E-state index >= 15 is 0 Å². The van der Waals surface area contributed by atoms with Gasteiger partial charge in [0.2, 0.25) is 0 Å². The van der Waals surface area contributed by atoms with E-state index in [4.69, 9.17) is 0 Å². The molecule has 88 valence electrons. The molecule has 0 N–H and O–H groups in total. The van der Waals surface area contributed by atoms with Gasteiger partial charge in [0, 0.05) is 25.3 Å². The Balaban J connectivity index is 2.14. The molecule has 0 spiro atoms. The maximum absolute atomic E-state index is 11.4. The molecule has 1 aromatic heterocycles. The van der Waals surface area contributed by atoms with Gasteiger partial charge >= 0.3 is 0 Å². The van der Waals surface area contributed by atoms with Crippen LogP contribution in [0.15, 0.2) is 6.33 Å². The Bertz CT molecular complexity index is 397. The largest absolute Gasteiger partial charge is 0.300 e. The van der Waals surface area contributed by atoms with Crippen LogP contribution < -0.4 is 0 Å². The van der Waals surface area contributed by atoms with Crippen molar-refractivity contribution >= 4 is 5.78 Å². The second-order valence-electron chi connectivity index (χ2n) is 5.42. The Morgan fingerprint density at radius 3 is 2.88 bits per heavy atom. The molecule has 4 nitrogen and oxygen atoms in total. The SMILES string of the molecule is CC(C)n1ncnc1CC1(C)CCC(=O)C1. The highest BCUT2D eigenvalue weighted by Crippen LogP contribution is 2.38. The molecule has 0 aliphatic heterocycles. The van der Waals surface area contributed by atoms with Crippen LogP contribution in [0.4, 0.5) is 0 Å². The van der Waals surface area contributed by atoms with Gasteiger partial charge in [0.1, 0.15) is 17.9 Å². The number of ketones is 1. The van der Waals surface area contributed by atoms with Gasteiger partial charge in [0.05, 0.1) is 0 Å². The van der Waals surface area contributed by atoms with E-state index in [9.17, 15) is 4.79 Å². The predicted octanol–water partition coefficient (Wildman–Crippen LogP) is 2.16. The Labute approximate surface area is 96.1 Å². The normalized spacial score (nSPS) is 25.6. The molecule has 1 atom stereocenters. The summed E-state index contributed by atoms with van der Waals surface area (Å²) < 4.78 is 1.95. The standard InChI is InChI=1S/C12H19N3O/c1-9(2)15-11(13-8-14-15)7-12(3)5-4-10(16)6-12/h8-9H,4-7H2,1-3H3. The first-order chi connectivity index (χ1) is 7.50. The molecule has 0 amide bonds. The molecule has 16 heavy (non-hydrogen) atoms. The first-order valence-electron chi connectivity index (χ1n) is 5.90. The molecule has 0 saturated heterocycles. The van der Waals surface area contributed by atoms with Gasteiger partial charge in [-0.1, -0.05) is 6.92 Å². The first kappa shape index (κ1) is 11.3.